The first kappa shape index (κ1) is 9.04. The molecule has 2 nitrogen and oxygen atoms in total. The van der Waals surface area contributed by atoms with E-state index < -0.39 is 0 Å². The summed E-state index contributed by atoms with van der Waals surface area (Å²) < 4.78 is 5.02. The van der Waals surface area contributed by atoms with Crippen LogP contribution in [0.1, 0.15) is 32.6 Å². The zero-order valence-electron chi connectivity index (χ0n) is 7.38. The second kappa shape index (κ2) is 4.75. The van der Waals surface area contributed by atoms with E-state index in [0.717, 1.165) is 31.4 Å². The predicted molar refractivity (Wildman–Crippen MR) is 47.5 cm³/mol. The van der Waals surface area contributed by atoms with E-state index in [0.29, 0.717) is 0 Å². The third kappa shape index (κ3) is 3.37. The molecule has 0 aliphatic heterocycles. The lowest BCUT2D eigenvalue weighted by Crippen LogP contribution is -1.99. The first-order chi connectivity index (χ1) is 5.79. The van der Waals surface area contributed by atoms with Crippen LogP contribution in [0.4, 0.5) is 0 Å². The topological polar surface area (TPSA) is 26.3 Å². The quantitative estimate of drug-likeness (QED) is 0.442. The molecule has 0 aromatic rings. The van der Waals surface area contributed by atoms with Gasteiger partial charge in [-0.2, -0.15) is 0 Å². The van der Waals surface area contributed by atoms with Crippen molar-refractivity contribution in [2.45, 2.75) is 32.6 Å². The van der Waals surface area contributed by atoms with Crippen molar-refractivity contribution in [1.29, 1.82) is 0 Å². The first-order valence-corrected chi connectivity index (χ1v) is 4.31. The highest BCUT2D eigenvalue weighted by Crippen LogP contribution is 2.13. The minimum Gasteiger partial charge on any atom is -0.432 e. The highest BCUT2D eigenvalue weighted by Gasteiger charge is 2.01. The molecule has 2 heteroatoms. The zero-order valence-corrected chi connectivity index (χ0v) is 7.38. The molecule has 0 heterocycles. The van der Waals surface area contributed by atoms with Gasteiger partial charge in [-0.05, 0) is 25.3 Å². The fourth-order valence-electron chi connectivity index (χ4n) is 1.18. The maximum atomic E-state index is 10.6. The first-order valence-electron chi connectivity index (χ1n) is 4.31. The zero-order chi connectivity index (χ0) is 8.81. The summed E-state index contributed by atoms with van der Waals surface area (Å²) in [5.41, 5.74) is 0. The fraction of sp³-hybridized carbons (Fsp3) is 0.500. The standard InChI is InChI=1S/C10H14O2/c1-9(11)12-10-7-5-3-2-4-6-8-10/h2-3,8H,4-7H2,1H3/b3-2-,10-8+. The van der Waals surface area contributed by atoms with Crippen molar-refractivity contribution in [3.05, 3.63) is 24.0 Å². The van der Waals surface area contributed by atoms with Crippen LogP contribution in [-0.2, 0) is 9.53 Å². The maximum Gasteiger partial charge on any atom is 0.307 e. The molecule has 66 valence electrons. The average molecular weight is 166 g/mol. The molecule has 0 amide bonds. The van der Waals surface area contributed by atoms with Crippen molar-refractivity contribution in [3.8, 4) is 0 Å². The average Bonchev–Trinajstić information content (AvgIpc) is 1.93. The molecule has 0 N–H and O–H groups in total. The van der Waals surface area contributed by atoms with Gasteiger partial charge >= 0.3 is 5.97 Å². The summed E-state index contributed by atoms with van der Waals surface area (Å²) >= 11 is 0. The van der Waals surface area contributed by atoms with Gasteiger partial charge in [0.1, 0.15) is 5.76 Å². The maximum absolute atomic E-state index is 10.6. The Balaban J connectivity index is 2.45. The van der Waals surface area contributed by atoms with Gasteiger partial charge in [0.2, 0.25) is 0 Å². The molecule has 1 rings (SSSR count). The summed E-state index contributed by atoms with van der Waals surface area (Å²) in [5.74, 6) is 0.609. The minimum absolute atomic E-state index is 0.217. The second-order valence-electron chi connectivity index (χ2n) is 2.85. The third-order valence-corrected chi connectivity index (χ3v) is 1.70. The summed E-state index contributed by atoms with van der Waals surface area (Å²) in [4.78, 5) is 10.6. The highest BCUT2D eigenvalue weighted by atomic mass is 16.5. The Morgan fingerprint density at radius 3 is 2.83 bits per heavy atom. The van der Waals surface area contributed by atoms with E-state index in [1.807, 2.05) is 6.08 Å². The van der Waals surface area contributed by atoms with Gasteiger partial charge in [0.15, 0.2) is 0 Å². The molecule has 0 aromatic carbocycles. The lowest BCUT2D eigenvalue weighted by atomic mass is 10.1. The molecule has 12 heavy (non-hydrogen) atoms. The molecule has 0 saturated heterocycles. The number of hydrogen-bond donors (Lipinski definition) is 0. The van der Waals surface area contributed by atoms with Crippen molar-refractivity contribution >= 4 is 5.97 Å². The Morgan fingerprint density at radius 1 is 1.33 bits per heavy atom. The Kier molecular flexibility index (Phi) is 3.58. The Bertz CT molecular complexity index is 214. The highest BCUT2D eigenvalue weighted by molar-refractivity contribution is 5.67. The number of rotatable bonds is 1. The summed E-state index contributed by atoms with van der Waals surface area (Å²) in [6.45, 7) is 1.44. The summed E-state index contributed by atoms with van der Waals surface area (Å²) in [7, 11) is 0. The van der Waals surface area contributed by atoms with Crippen LogP contribution in [0.2, 0.25) is 0 Å². The molecule has 0 radical (unpaired) electrons. The number of carbonyl (C=O) groups is 1. The smallest absolute Gasteiger partial charge is 0.307 e. The van der Waals surface area contributed by atoms with Gasteiger partial charge in [-0.3, -0.25) is 4.79 Å². The van der Waals surface area contributed by atoms with Crippen LogP contribution in [0.5, 0.6) is 0 Å². The van der Waals surface area contributed by atoms with E-state index in [-0.39, 0.29) is 5.97 Å². The number of hydrogen-bond acceptors (Lipinski definition) is 2. The molecule has 0 bridgehead atoms. The van der Waals surface area contributed by atoms with Crippen molar-refractivity contribution in [1.82, 2.24) is 0 Å². The van der Waals surface area contributed by atoms with Crippen LogP contribution in [0.25, 0.3) is 0 Å². The van der Waals surface area contributed by atoms with Crippen molar-refractivity contribution in [2.75, 3.05) is 0 Å². The largest absolute Gasteiger partial charge is 0.432 e. The number of carbonyl (C=O) groups excluding carboxylic acids is 1. The Morgan fingerprint density at radius 2 is 2.08 bits per heavy atom. The third-order valence-electron chi connectivity index (χ3n) is 1.70. The van der Waals surface area contributed by atoms with Gasteiger partial charge in [0, 0.05) is 13.3 Å². The summed E-state index contributed by atoms with van der Waals surface area (Å²) in [6.07, 6.45) is 10.1. The van der Waals surface area contributed by atoms with Crippen molar-refractivity contribution in [2.24, 2.45) is 0 Å². The van der Waals surface area contributed by atoms with Crippen LogP contribution in [0, 0.1) is 0 Å². The second-order valence-corrected chi connectivity index (χ2v) is 2.85. The monoisotopic (exact) mass is 166 g/mol. The van der Waals surface area contributed by atoms with Crippen LogP contribution in [-0.4, -0.2) is 5.97 Å². The van der Waals surface area contributed by atoms with E-state index in [4.69, 9.17) is 4.74 Å². The van der Waals surface area contributed by atoms with Crippen molar-refractivity contribution < 1.29 is 9.53 Å². The van der Waals surface area contributed by atoms with Gasteiger partial charge in [-0.1, -0.05) is 12.2 Å². The molecule has 0 fully saturated rings. The van der Waals surface area contributed by atoms with Gasteiger partial charge in [0.25, 0.3) is 0 Å². The van der Waals surface area contributed by atoms with E-state index in [2.05, 4.69) is 12.2 Å². The van der Waals surface area contributed by atoms with E-state index in [1.54, 1.807) is 0 Å². The van der Waals surface area contributed by atoms with Crippen LogP contribution in [0.15, 0.2) is 24.0 Å². The molecule has 1 aliphatic carbocycles. The molecule has 0 atom stereocenters. The van der Waals surface area contributed by atoms with Crippen LogP contribution in [0.3, 0.4) is 0 Å². The molecule has 0 saturated carbocycles. The van der Waals surface area contributed by atoms with Crippen LogP contribution < -0.4 is 0 Å². The normalized spacial score (nSPS) is 24.6. The van der Waals surface area contributed by atoms with Gasteiger partial charge in [-0.15, -0.1) is 0 Å². The van der Waals surface area contributed by atoms with E-state index in [9.17, 15) is 4.79 Å². The van der Waals surface area contributed by atoms with Gasteiger partial charge in [0.05, 0.1) is 0 Å². The summed E-state index contributed by atoms with van der Waals surface area (Å²) in [6, 6.07) is 0. The van der Waals surface area contributed by atoms with E-state index in [1.165, 1.54) is 6.92 Å². The summed E-state index contributed by atoms with van der Waals surface area (Å²) in [5, 5.41) is 0. The Hall–Kier alpha value is -1.05. The molecular formula is C10H14O2. The molecule has 1 aliphatic rings. The van der Waals surface area contributed by atoms with Crippen LogP contribution >= 0.6 is 0 Å². The number of allylic oxidation sites excluding steroid dienone is 4. The fourth-order valence-corrected chi connectivity index (χ4v) is 1.18. The van der Waals surface area contributed by atoms with Crippen molar-refractivity contribution in [3.63, 3.8) is 0 Å². The lowest BCUT2D eigenvalue weighted by Gasteiger charge is -2.07. The predicted octanol–water partition coefficient (Wildman–Crippen LogP) is 2.56. The number of esters is 1. The van der Waals surface area contributed by atoms with E-state index >= 15 is 0 Å². The minimum atomic E-state index is -0.217. The molecule has 0 aromatic heterocycles. The Labute approximate surface area is 72.9 Å². The van der Waals surface area contributed by atoms with Gasteiger partial charge < -0.3 is 4.74 Å². The lowest BCUT2D eigenvalue weighted by molar-refractivity contribution is -0.137. The molecular weight excluding hydrogens is 152 g/mol. The van der Waals surface area contributed by atoms with Gasteiger partial charge in [-0.25, -0.2) is 0 Å². The number of ether oxygens (including phenoxy) is 1. The SMILES string of the molecule is CC(=O)O/C1=C/CC/C=C\CC1. The molecule has 0 unspecified atom stereocenters. The molecule has 0 spiro atoms.